The van der Waals surface area contributed by atoms with E-state index in [2.05, 4.69) is 0 Å². The lowest BCUT2D eigenvalue weighted by Crippen LogP contribution is -2.55. The van der Waals surface area contributed by atoms with E-state index >= 15 is 0 Å². The number of hydrogen-bond acceptors (Lipinski definition) is 5. The lowest BCUT2D eigenvalue weighted by molar-refractivity contribution is -0.145. The molecule has 2 aliphatic carbocycles. The van der Waals surface area contributed by atoms with Crippen molar-refractivity contribution in [3.63, 3.8) is 0 Å². The largest absolute Gasteiger partial charge is 0.484 e. The average Bonchev–Trinajstić information content (AvgIpc) is 2.77. The normalized spacial score (nSPS) is 26.2. The highest BCUT2D eigenvalue weighted by Crippen LogP contribution is 2.39. The van der Waals surface area contributed by atoms with E-state index in [0.29, 0.717) is 30.8 Å². The van der Waals surface area contributed by atoms with Crippen LogP contribution in [0, 0.1) is 5.92 Å². The summed E-state index contributed by atoms with van der Waals surface area (Å²) in [6.07, 6.45) is 8.48. The van der Waals surface area contributed by atoms with Gasteiger partial charge in [0, 0.05) is 36.0 Å². The Bertz CT molecular complexity index is 1030. The van der Waals surface area contributed by atoms with Gasteiger partial charge in [0.2, 0.25) is 0 Å². The van der Waals surface area contributed by atoms with Crippen LogP contribution in [0.25, 0.3) is 11.0 Å². The fourth-order valence-electron chi connectivity index (χ4n) is 5.55. The summed E-state index contributed by atoms with van der Waals surface area (Å²) in [4.78, 5) is 26.8. The van der Waals surface area contributed by atoms with Crippen LogP contribution in [0.15, 0.2) is 27.4 Å². The van der Waals surface area contributed by atoms with Gasteiger partial charge in [0.25, 0.3) is 5.91 Å². The Morgan fingerprint density at radius 2 is 2.00 bits per heavy atom. The van der Waals surface area contributed by atoms with Crippen LogP contribution in [0.4, 0.5) is 0 Å². The minimum absolute atomic E-state index is 0.0498. The quantitative estimate of drug-likeness (QED) is 0.785. The number of carbonyl (C=O) groups excluding carboxylic acids is 1. The third-order valence-electron chi connectivity index (χ3n) is 7.34. The molecule has 160 valence electrons. The summed E-state index contributed by atoms with van der Waals surface area (Å²) >= 11 is 0. The molecule has 3 aliphatic rings. The third kappa shape index (κ3) is 3.51. The maximum Gasteiger partial charge on any atom is 0.339 e. The summed E-state index contributed by atoms with van der Waals surface area (Å²) in [5.41, 5.74) is 1.59. The van der Waals surface area contributed by atoms with Gasteiger partial charge in [-0.25, -0.2) is 4.79 Å². The standard InChI is InChI=1S/C24H29NO5/c26-22(25-12-11-24(28)10-4-3-5-16(24)14-25)15-29-17-8-9-19-18-6-1-2-7-20(18)23(27)30-21(19)13-17/h8-9,13,16,28H,1-7,10-12,14-15H2/t16-,24+/m1/s1. The Hall–Kier alpha value is -2.34. The molecule has 0 radical (unpaired) electrons. The first-order valence-corrected chi connectivity index (χ1v) is 11.2. The Morgan fingerprint density at radius 3 is 2.87 bits per heavy atom. The molecular formula is C24H29NO5. The first-order valence-electron chi connectivity index (χ1n) is 11.2. The summed E-state index contributed by atoms with van der Waals surface area (Å²) in [5, 5.41) is 11.8. The second-order valence-corrected chi connectivity index (χ2v) is 9.14. The van der Waals surface area contributed by atoms with E-state index in [1.54, 1.807) is 6.07 Å². The minimum atomic E-state index is -0.592. The van der Waals surface area contributed by atoms with Crippen molar-refractivity contribution < 1.29 is 19.1 Å². The van der Waals surface area contributed by atoms with Crippen LogP contribution in [-0.4, -0.2) is 41.2 Å². The molecule has 2 heterocycles. The van der Waals surface area contributed by atoms with E-state index in [0.717, 1.165) is 67.9 Å². The summed E-state index contributed by atoms with van der Waals surface area (Å²) in [5.74, 6) is 0.639. The number of piperidine rings is 1. The lowest BCUT2D eigenvalue weighted by Gasteiger charge is -2.47. The number of benzene rings is 1. The second-order valence-electron chi connectivity index (χ2n) is 9.14. The molecule has 0 unspecified atom stereocenters. The summed E-state index contributed by atoms with van der Waals surface area (Å²) < 4.78 is 11.3. The van der Waals surface area contributed by atoms with Crippen molar-refractivity contribution in [1.29, 1.82) is 0 Å². The Labute approximate surface area is 175 Å². The Kier molecular flexibility index (Phi) is 5.05. The van der Waals surface area contributed by atoms with Gasteiger partial charge in [0.15, 0.2) is 6.61 Å². The predicted octanol–water partition coefficient (Wildman–Crippen LogP) is 3.20. The topological polar surface area (TPSA) is 80.0 Å². The van der Waals surface area contributed by atoms with E-state index in [-0.39, 0.29) is 24.1 Å². The number of carbonyl (C=O) groups is 1. The molecule has 1 saturated heterocycles. The molecule has 2 atom stereocenters. The molecule has 1 aromatic carbocycles. The molecule has 30 heavy (non-hydrogen) atoms. The SMILES string of the molecule is O=C(COc1ccc2c3c(c(=O)oc2c1)CCCC3)N1CC[C@@]2(O)CCCC[C@@H]2C1. The number of aryl methyl sites for hydroxylation is 1. The average molecular weight is 411 g/mol. The van der Waals surface area contributed by atoms with E-state index in [1.807, 2.05) is 17.0 Å². The smallest absolute Gasteiger partial charge is 0.339 e. The van der Waals surface area contributed by atoms with Gasteiger partial charge in [-0.15, -0.1) is 0 Å². The number of rotatable bonds is 3. The highest BCUT2D eigenvalue weighted by Gasteiger charge is 2.43. The molecule has 5 rings (SSSR count). The first-order chi connectivity index (χ1) is 14.5. The van der Waals surface area contributed by atoms with Crippen molar-refractivity contribution in [2.75, 3.05) is 19.7 Å². The number of likely N-dealkylation sites (tertiary alicyclic amines) is 1. The van der Waals surface area contributed by atoms with Crippen molar-refractivity contribution in [2.24, 2.45) is 5.92 Å². The summed E-state index contributed by atoms with van der Waals surface area (Å²) in [6, 6.07) is 5.50. The molecule has 6 nitrogen and oxygen atoms in total. The van der Waals surface area contributed by atoms with Crippen molar-refractivity contribution in [1.82, 2.24) is 4.90 Å². The number of ether oxygens (including phenoxy) is 1. The number of hydrogen-bond donors (Lipinski definition) is 1. The predicted molar refractivity (Wildman–Crippen MR) is 113 cm³/mol. The zero-order valence-electron chi connectivity index (χ0n) is 17.3. The fraction of sp³-hybridized carbons (Fsp3) is 0.583. The van der Waals surface area contributed by atoms with E-state index < -0.39 is 5.60 Å². The highest BCUT2D eigenvalue weighted by molar-refractivity contribution is 5.83. The second kappa shape index (κ2) is 7.73. The van der Waals surface area contributed by atoms with E-state index in [9.17, 15) is 14.7 Å². The maximum atomic E-state index is 12.7. The monoisotopic (exact) mass is 411 g/mol. The van der Waals surface area contributed by atoms with Gasteiger partial charge in [-0.2, -0.15) is 0 Å². The highest BCUT2D eigenvalue weighted by atomic mass is 16.5. The number of aliphatic hydroxyl groups is 1. The molecule has 1 aromatic heterocycles. The summed E-state index contributed by atoms with van der Waals surface area (Å²) in [6.45, 7) is 1.14. The molecule has 6 heteroatoms. The minimum Gasteiger partial charge on any atom is -0.484 e. The molecule has 1 saturated carbocycles. The number of amides is 1. The van der Waals surface area contributed by atoms with Crippen molar-refractivity contribution in [2.45, 2.75) is 63.4 Å². The van der Waals surface area contributed by atoms with Crippen LogP contribution in [0.2, 0.25) is 0 Å². The molecular weight excluding hydrogens is 382 g/mol. The van der Waals surface area contributed by atoms with Gasteiger partial charge in [-0.3, -0.25) is 4.79 Å². The zero-order chi connectivity index (χ0) is 20.7. The van der Waals surface area contributed by atoms with Gasteiger partial charge in [0.1, 0.15) is 11.3 Å². The molecule has 2 fully saturated rings. The van der Waals surface area contributed by atoms with Crippen LogP contribution in [-0.2, 0) is 17.6 Å². The molecule has 1 amide bonds. The Morgan fingerprint density at radius 1 is 1.17 bits per heavy atom. The first kappa shape index (κ1) is 19.6. The van der Waals surface area contributed by atoms with Gasteiger partial charge < -0.3 is 19.2 Å². The molecule has 0 bridgehead atoms. The van der Waals surface area contributed by atoms with Gasteiger partial charge >= 0.3 is 5.63 Å². The van der Waals surface area contributed by atoms with Crippen molar-refractivity contribution >= 4 is 16.9 Å². The third-order valence-corrected chi connectivity index (χ3v) is 7.34. The molecule has 0 spiro atoms. The van der Waals surface area contributed by atoms with Crippen LogP contribution < -0.4 is 10.4 Å². The molecule has 2 aromatic rings. The number of fused-ring (bicyclic) bond motifs is 4. The van der Waals surface area contributed by atoms with Crippen LogP contribution in [0.3, 0.4) is 0 Å². The van der Waals surface area contributed by atoms with Gasteiger partial charge in [0.05, 0.1) is 5.60 Å². The van der Waals surface area contributed by atoms with E-state index in [4.69, 9.17) is 9.15 Å². The van der Waals surface area contributed by atoms with Crippen molar-refractivity contribution in [3.05, 3.63) is 39.7 Å². The summed E-state index contributed by atoms with van der Waals surface area (Å²) in [7, 11) is 0. The van der Waals surface area contributed by atoms with Crippen LogP contribution in [0.1, 0.15) is 56.1 Å². The van der Waals surface area contributed by atoms with Gasteiger partial charge in [-0.05, 0) is 62.6 Å². The van der Waals surface area contributed by atoms with E-state index in [1.165, 1.54) is 0 Å². The molecule has 1 N–H and O–H groups in total. The lowest BCUT2D eigenvalue weighted by atomic mass is 9.71. The van der Waals surface area contributed by atoms with Crippen LogP contribution in [0.5, 0.6) is 5.75 Å². The maximum absolute atomic E-state index is 12.7. The number of nitrogens with zero attached hydrogens (tertiary/aromatic N) is 1. The zero-order valence-corrected chi connectivity index (χ0v) is 17.3. The Balaban J connectivity index is 1.27. The molecule has 1 aliphatic heterocycles. The van der Waals surface area contributed by atoms with Crippen LogP contribution >= 0.6 is 0 Å². The van der Waals surface area contributed by atoms with Gasteiger partial charge in [-0.1, -0.05) is 12.8 Å². The fourth-order valence-corrected chi connectivity index (χ4v) is 5.55. The van der Waals surface area contributed by atoms with Crippen molar-refractivity contribution in [3.8, 4) is 5.75 Å².